The minimum Gasteiger partial charge on any atom is -0.391 e. The SMILES string of the molecule is N[C@H](c1ccc(F)c(F)c1F)[C@@H](O)Cc1ccccc1. The molecule has 0 radical (unpaired) electrons. The average Bonchev–Trinajstić information content (AvgIpc) is 2.45. The molecule has 0 aliphatic heterocycles. The number of hydrogen-bond acceptors (Lipinski definition) is 2. The summed E-state index contributed by atoms with van der Waals surface area (Å²) >= 11 is 0. The van der Waals surface area contributed by atoms with Gasteiger partial charge >= 0.3 is 0 Å². The van der Waals surface area contributed by atoms with E-state index in [2.05, 4.69) is 0 Å². The Morgan fingerprint density at radius 2 is 1.60 bits per heavy atom. The molecule has 2 aromatic rings. The third-order valence-corrected chi connectivity index (χ3v) is 3.13. The van der Waals surface area contributed by atoms with E-state index >= 15 is 0 Å². The predicted molar refractivity (Wildman–Crippen MR) is 69.4 cm³/mol. The minimum atomic E-state index is -1.58. The Hall–Kier alpha value is -1.85. The number of hydrogen-bond donors (Lipinski definition) is 2. The van der Waals surface area contributed by atoms with Gasteiger partial charge in [0.1, 0.15) is 0 Å². The van der Waals surface area contributed by atoms with Crippen LogP contribution in [0.25, 0.3) is 0 Å². The topological polar surface area (TPSA) is 46.2 Å². The smallest absolute Gasteiger partial charge is 0.194 e. The molecule has 2 atom stereocenters. The molecule has 0 unspecified atom stereocenters. The molecule has 0 heterocycles. The molecule has 2 rings (SSSR count). The molecule has 2 aromatic carbocycles. The van der Waals surface area contributed by atoms with E-state index in [1.54, 1.807) is 24.3 Å². The number of halogens is 3. The fourth-order valence-electron chi connectivity index (χ4n) is 1.99. The Balaban J connectivity index is 2.19. The molecular weight excluding hydrogens is 267 g/mol. The largest absolute Gasteiger partial charge is 0.391 e. The monoisotopic (exact) mass is 281 g/mol. The Bertz CT molecular complexity index is 589. The van der Waals surface area contributed by atoms with Gasteiger partial charge in [-0.25, -0.2) is 13.2 Å². The van der Waals surface area contributed by atoms with E-state index in [4.69, 9.17) is 5.73 Å². The maximum Gasteiger partial charge on any atom is 0.194 e. The number of aliphatic hydroxyl groups excluding tert-OH is 1. The van der Waals surface area contributed by atoms with Gasteiger partial charge in [-0.3, -0.25) is 0 Å². The number of benzene rings is 2. The molecule has 2 nitrogen and oxygen atoms in total. The van der Waals surface area contributed by atoms with Crippen molar-refractivity contribution in [3.05, 3.63) is 71.0 Å². The van der Waals surface area contributed by atoms with Crippen molar-refractivity contribution in [3.8, 4) is 0 Å². The molecule has 3 N–H and O–H groups in total. The molecule has 0 aliphatic rings. The molecule has 0 fully saturated rings. The van der Waals surface area contributed by atoms with Crippen LogP contribution >= 0.6 is 0 Å². The van der Waals surface area contributed by atoms with Gasteiger partial charge in [0.15, 0.2) is 17.5 Å². The molecule has 0 aromatic heterocycles. The highest BCUT2D eigenvalue weighted by molar-refractivity contribution is 5.25. The summed E-state index contributed by atoms with van der Waals surface area (Å²) in [4.78, 5) is 0. The van der Waals surface area contributed by atoms with E-state index in [1.807, 2.05) is 6.07 Å². The van der Waals surface area contributed by atoms with Gasteiger partial charge in [0, 0.05) is 12.0 Å². The molecular formula is C15H14F3NO. The third-order valence-electron chi connectivity index (χ3n) is 3.13. The van der Waals surface area contributed by atoms with Crippen LogP contribution in [0.15, 0.2) is 42.5 Å². The highest BCUT2D eigenvalue weighted by Crippen LogP contribution is 2.23. The zero-order chi connectivity index (χ0) is 14.7. The lowest BCUT2D eigenvalue weighted by Gasteiger charge is -2.20. The first-order valence-electron chi connectivity index (χ1n) is 6.11. The van der Waals surface area contributed by atoms with E-state index in [-0.39, 0.29) is 12.0 Å². The average molecular weight is 281 g/mol. The van der Waals surface area contributed by atoms with Gasteiger partial charge in [-0.1, -0.05) is 36.4 Å². The third kappa shape index (κ3) is 3.00. The summed E-state index contributed by atoms with van der Waals surface area (Å²) in [7, 11) is 0. The van der Waals surface area contributed by atoms with Crippen molar-refractivity contribution >= 4 is 0 Å². The van der Waals surface area contributed by atoms with Crippen LogP contribution in [0, 0.1) is 17.5 Å². The molecule has 0 spiro atoms. The van der Waals surface area contributed by atoms with E-state index in [9.17, 15) is 18.3 Å². The summed E-state index contributed by atoms with van der Waals surface area (Å²) in [5.41, 5.74) is 6.30. The van der Waals surface area contributed by atoms with Crippen molar-refractivity contribution in [2.24, 2.45) is 5.73 Å². The van der Waals surface area contributed by atoms with E-state index < -0.39 is 29.6 Å². The van der Waals surface area contributed by atoms with Gasteiger partial charge in [0.25, 0.3) is 0 Å². The van der Waals surface area contributed by atoms with Crippen LogP contribution in [-0.2, 0) is 6.42 Å². The molecule has 106 valence electrons. The van der Waals surface area contributed by atoms with Crippen molar-refractivity contribution in [2.45, 2.75) is 18.6 Å². The normalized spacial score (nSPS) is 14.1. The predicted octanol–water partition coefficient (Wildman–Crippen LogP) is 2.71. The maximum atomic E-state index is 13.6. The second-order valence-electron chi connectivity index (χ2n) is 4.55. The maximum absolute atomic E-state index is 13.6. The van der Waals surface area contributed by atoms with Crippen LogP contribution in [0.1, 0.15) is 17.2 Å². The molecule has 0 amide bonds. The van der Waals surface area contributed by atoms with Gasteiger partial charge in [0.2, 0.25) is 0 Å². The second kappa shape index (κ2) is 6.07. The van der Waals surface area contributed by atoms with Gasteiger partial charge in [-0.15, -0.1) is 0 Å². The highest BCUT2D eigenvalue weighted by atomic mass is 19.2. The summed E-state index contributed by atoms with van der Waals surface area (Å²) in [6, 6.07) is 9.71. The summed E-state index contributed by atoms with van der Waals surface area (Å²) in [5.74, 6) is -4.22. The van der Waals surface area contributed by atoms with Gasteiger partial charge in [-0.05, 0) is 11.6 Å². The van der Waals surface area contributed by atoms with Crippen molar-refractivity contribution in [3.63, 3.8) is 0 Å². The Morgan fingerprint density at radius 1 is 0.950 bits per heavy atom. The zero-order valence-electron chi connectivity index (χ0n) is 10.6. The molecule has 0 saturated heterocycles. The Kier molecular flexibility index (Phi) is 4.42. The van der Waals surface area contributed by atoms with E-state index in [0.29, 0.717) is 0 Å². The standard InChI is InChI=1S/C15H14F3NO/c16-11-7-6-10(13(17)14(11)18)15(19)12(20)8-9-4-2-1-3-5-9/h1-7,12,15,20H,8,19H2/t12-,15+/m0/s1. The highest BCUT2D eigenvalue weighted by Gasteiger charge is 2.23. The van der Waals surface area contributed by atoms with Gasteiger partial charge in [0.05, 0.1) is 12.1 Å². The number of rotatable bonds is 4. The van der Waals surface area contributed by atoms with Crippen LogP contribution < -0.4 is 5.73 Å². The van der Waals surface area contributed by atoms with Crippen molar-refractivity contribution in [2.75, 3.05) is 0 Å². The quantitative estimate of drug-likeness (QED) is 0.846. The minimum absolute atomic E-state index is 0.195. The summed E-state index contributed by atoms with van der Waals surface area (Å²) in [5, 5.41) is 10.0. The van der Waals surface area contributed by atoms with Crippen LogP contribution in [-0.4, -0.2) is 11.2 Å². The van der Waals surface area contributed by atoms with Crippen LogP contribution in [0.3, 0.4) is 0 Å². The Morgan fingerprint density at radius 3 is 2.25 bits per heavy atom. The molecule has 0 aliphatic carbocycles. The van der Waals surface area contributed by atoms with Gasteiger partial charge < -0.3 is 10.8 Å². The molecule has 0 bridgehead atoms. The first kappa shape index (κ1) is 14.6. The summed E-state index contributed by atoms with van der Waals surface area (Å²) in [6.07, 6.45) is -0.905. The first-order chi connectivity index (χ1) is 9.50. The second-order valence-corrected chi connectivity index (χ2v) is 4.55. The lowest BCUT2D eigenvalue weighted by Crippen LogP contribution is -2.29. The molecule has 5 heteroatoms. The first-order valence-corrected chi connectivity index (χ1v) is 6.11. The van der Waals surface area contributed by atoms with Crippen LogP contribution in [0.4, 0.5) is 13.2 Å². The summed E-state index contributed by atoms with van der Waals surface area (Å²) < 4.78 is 39.6. The van der Waals surface area contributed by atoms with E-state index in [1.165, 1.54) is 0 Å². The van der Waals surface area contributed by atoms with Gasteiger partial charge in [-0.2, -0.15) is 0 Å². The summed E-state index contributed by atoms with van der Waals surface area (Å²) in [6.45, 7) is 0. The van der Waals surface area contributed by atoms with Crippen molar-refractivity contribution in [1.29, 1.82) is 0 Å². The zero-order valence-corrected chi connectivity index (χ0v) is 10.6. The number of nitrogens with two attached hydrogens (primary N) is 1. The fourth-order valence-corrected chi connectivity index (χ4v) is 1.99. The Labute approximate surface area is 114 Å². The van der Waals surface area contributed by atoms with Crippen molar-refractivity contribution < 1.29 is 18.3 Å². The van der Waals surface area contributed by atoms with E-state index in [0.717, 1.165) is 17.7 Å². The molecule has 20 heavy (non-hydrogen) atoms. The number of aliphatic hydroxyl groups is 1. The van der Waals surface area contributed by atoms with Crippen LogP contribution in [0.2, 0.25) is 0 Å². The lowest BCUT2D eigenvalue weighted by molar-refractivity contribution is 0.143. The fraction of sp³-hybridized carbons (Fsp3) is 0.200. The molecule has 0 saturated carbocycles. The lowest BCUT2D eigenvalue weighted by atomic mass is 9.96. The van der Waals surface area contributed by atoms with Crippen molar-refractivity contribution in [1.82, 2.24) is 0 Å². The van der Waals surface area contributed by atoms with Crippen LogP contribution in [0.5, 0.6) is 0 Å².